The van der Waals surface area contributed by atoms with Crippen LogP contribution in [0.25, 0.3) is 0 Å². The molecule has 0 radical (unpaired) electrons. The van der Waals surface area contributed by atoms with Gasteiger partial charge in [0, 0.05) is 12.0 Å². The van der Waals surface area contributed by atoms with E-state index in [0.29, 0.717) is 0 Å². The maximum Gasteiger partial charge on any atom is 0.235 e. The molecule has 4 aliphatic carbocycles. The normalized spacial score (nSPS) is 32.7. The van der Waals surface area contributed by atoms with E-state index in [1.54, 1.807) is 4.90 Å². The summed E-state index contributed by atoms with van der Waals surface area (Å²) in [4.78, 5) is 41.9. The van der Waals surface area contributed by atoms with E-state index in [-0.39, 0.29) is 23.8 Å². The molecule has 1 saturated carbocycles. The first-order valence-corrected chi connectivity index (χ1v) is 10.7. The fourth-order valence-electron chi connectivity index (χ4n) is 6.75. The topological polar surface area (TPSA) is 54.5 Å². The van der Waals surface area contributed by atoms with Crippen LogP contribution in [0.1, 0.15) is 60.3 Å². The highest BCUT2D eigenvalue weighted by Crippen LogP contribution is 2.63. The molecule has 1 aliphatic heterocycles. The molecular weight excluding hydrogens is 362 g/mol. The quantitative estimate of drug-likeness (QED) is 0.587. The van der Waals surface area contributed by atoms with Crippen molar-refractivity contribution in [3.63, 3.8) is 0 Å². The third-order valence-electron chi connectivity index (χ3n) is 7.84. The Morgan fingerprint density at radius 1 is 0.828 bits per heavy atom. The lowest BCUT2D eigenvalue weighted by Crippen LogP contribution is -2.54. The number of carbonyl (C=O) groups excluding carboxylic acids is 3. The molecule has 0 spiro atoms. The number of benzene rings is 2. The Morgan fingerprint density at radius 2 is 1.41 bits per heavy atom. The smallest absolute Gasteiger partial charge is 0.235 e. The van der Waals surface area contributed by atoms with E-state index in [4.69, 9.17) is 0 Å². The van der Waals surface area contributed by atoms with E-state index >= 15 is 0 Å². The van der Waals surface area contributed by atoms with Crippen LogP contribution in [0, 0.1) is 11.8 Å². The molecule has 2 aromatic carbocycles. The van der Waals surface area contributed by atoms with Crippen LogP contribution >= 0.6 is 0 Å². The van der Waals surface area contributed by atoms with Gasteiger partial charge >= 0.3 is 0 Å². The van der Waals surface area contributed by atoms with Crippen LogP contribution in [0.2, 0.25) is 0 Å². The van der Waals surface area contributed by atoms with Gasteiger partial charge in [0.25, 0.3) is 0 Å². The summed E-state index contributed by atoms with van der Waals surface area (Å²) in [5, 5.41) is 0. The van der Waals surface area contributed by atoms with Crippen LogP contribution in [0.15, 0.2) is 48.5 Å². The third-order valence-corrected chi connectivity index (χ3v) is 7.84. The Kier molecular flexibility index (Phi) is 3.48. The monoisotopic (exact) mass is 385 g/mol. The fourth-order valence-corrected chi connectivity index (χ4v) is 6.75. The summed E-state index contributed by atoms with van der Waals surface area (Å²) in [7, 11) is 0. The second-order valence-corrected chi connectivity index (χ2v) is 8.98. The van der Waals surface area contributed by atoms with Crippen LogP contribution in [-0.2, 0) is 19.8 Å². The molecule has 2 amide bonds. The summed E-state index contributed by atoms with van der Waals surface area (Å²) in [6.07, 6.45) is 6.00. The number of aldehydes is 1. The molecule has 1 heterocycles. The second-order valence-electron chi connectivity index (χ2n) is 8.98. The number of carbonyl (C=O) groups is 3. The van der Waals surface area contributed by atoms with Gasteiger partial charge in [-0.05, 0) is 35.1 Å². The lowest BCUT2D eigenvalue weighted by molar-refractivity contribution is -0.144. The number of nitrogens with zero attached hydrogens (tertiary/aromatic N) is 1. The number of hydrogen-bond acceptors (Lipinski definition) is 3. The number of likely N-dealkylation sites (tertiary alicyclic amines) is 1. The van der Waals surface area contributed by atoms with E-state index in [9.17, 15) is 14.4 Å². The van der Waals surface area contributed by atoms with Crippen molar-refractivity contribution >= 4 is 18.1 Å². The van der Waals surface area contributed by atoms with Gasteiger partial charge in [-0.2, -0.15) is 0 Å². The van der Waals surface area contributed by atoms with Crippen molar-refractivity contribution in [2.24, 2.45) is 11.8 Å². The summed E-state index contributed by atoms with van der Waals surface area (Å²) in [6.45, 7) is 0. The van der Waals surface area contributed by atoms with Crippen LogP contribution in [-0.4, -0.2) is 29.0 Å². The van der Waals surface area contributed by atoms with Crippen molar-refractivity contribution in [3.8, 4) is 0 Å². The zero-order valence-corrected chi connectivity index (χ0v) is 16.2. The maximum atomic E-state index is 13.8. The molecule has 7 rings (SSSR count). The highest BCUT2D eigenvalue weighted by Gasteiger charge is 2.68. The summed E-state index contributed by atoms with van der Waals surface area (Å²) in [6, 6.07) is 15.8. The third kappa shape index (κ3) is 1.92. The van der Waals surface area contributed by atoms with Crippen LogP contribution in [0.3, 0.4) is 0 Å². The molecule has 1 saturated heterocycles. The molecule has 0 N–H and O–H groups in total. The Labute approximate surface area is 169 Å². The van der Waals surface area contributed by atoms with Crippen molar-refractivity contribution in [2.75, 3.05) is 0 Å². The Morgan fingerprint density at radius 3 is 2.00 bits per heavy atom. The van der Waals surface area contributed by atoms with Crippen molar-refractivity contribution in [1.29, 1.82) is 0 Å². The Bertz CT molecular complexity index is 1000. The Balaban J connectivity index is 1.61. The first-order chi connectivity index (χ1) is 14.2. The highest BCUT2D eigenvalue weighted by molar-refractivity contribution is 6.11. The summed E-state index contributed by atoms with van der Waals surface area (Å²) < 4.78 is 0. The predicted molar refractivity (Wildman–Crippen MR) is 107 cm³/mol. The highest BCUT2D eigenvalue weighted by atomic mass is 16.2. The fraction of sp³-hybridized carbons (Fsp3) is 0.400. The number of imide groups is 1. The van der Waals surface area contributed by atoms with Crippen molar-refractivity contribution < 1.29 is 14.4 Å². The van der Waals surface area contributed by atoms with Crippen LogP contribution < -0.4 is 0 Å². The van der Waals surface area contributed by atoms with Gasteiger partial charge in [-0.3, -0.25) is 14.5 Å². The summed E-state index contributed by atoms with van der Waals surface area (Å²) in [5.41, 5.74) is 2.82. The SMILES string of the molecule is O=CC12c3ccccc3C(c3ccccc31)[C@@H]1C(=O)N(C3CCCCC3)C(=O)[C@H]12. The van der Waals surface area contributed by atoms with Crippen molar-refractivity contribution in [2.45, 2.75) is 49.5 Å². The van der Waals surface area contributed by atoms with Crippen molar-refractivity contribution in [3.05, 3.63) is 70.8 Å². The van der Waals surface area contributed by atoms with Crippen molar-refractivity contribution in [1.82, 2.24) is 4.90 Å². The molecule has 4 nitrogen and oxygen atoms in total. The molecule has 5 aliphatic rings. The van der Waals surface area contributed by atoms with Gasteiger partial charge in [0.05, 0.1) is 17.3 Å². The Hall–Kier alpha value is -2.75. The van der Waals surface area contributed by atoms with E-state index in [1.165, 1.54) is 0 Å². The first kappa shape index (κ1) is 17.1. The average molecular weight is 385 g/mol. The molecule has 0 unspecified atom stereocenters. The zero-order chi connectivity index (χ0) is 19.8. The summed E-state index contributed by atoms with van der Waals surface area (Å²) in [5.74, 6) is -1.44. The molecule has 0 aromatic heterocycles. The number of hydrogen-bond donors (Lipinski definition) is 0. The summed E-state index contributed by atoms with van der Waals surface area (Å²) >= 11 is 0. The number of rotatable bonds is 2. The molecule has 146 valence electrons. The lowest BCUT2D eigenvalue weighted by Gasteiger charge is -2.51. The first-order valence-electron chi connectivity index (χ1n) is 10.7. The van der Waals surface area contributed by atoms with E-state index in [0.717, 1.165) is 60.6 Å². The number of amides is 2. The molecule has 2 fully saturated rings. The van der Waals surface area contributed by atoms with E-state index in [1.807, 2.05) is 48.5 Å². The van der Waals surface area contributed by atoms with Gasteiger partial charge < -0.3 is 4.79 Å². The van der Waals surface area contributed by atoms with Gasteiger partial charge in [-0.1, -0.05) is 67.8 Å². The molecule has 2 atom stereocenters. The molecule has 2 bridgehead atoms. The van der Waals surface area contributed by atoms with Gasteiger partial charge in [0.1, 0.15) is 6.29 Å². The largest absolute Gasteiger partial charge is 0.302 e. The minimum Gasteiger partial charge on any atom is -0.302 e. The molecular formula is C25H23NO3. The molecule has 4 heteroatoms. The minimum absolute atomic E-state index is 0.0105. The molecule has 29 heavy (non-hydrogen) atoms. The standard InChI is InChI=1S/C25H23NO3/c27-14-25-18-12-6-4-10-16(18)20(17-11-5-7-13-19(17)25)21-22(25)24(29)26(23(21)28)15-8-2-1-3-9-15/h4-7,10-15,20-22H,1-3,8-9H2/t20?,21-,22-,25?/m0/s1. The molecule has 2 aromatic rings. The lowest BCUT2D eigenvalue weighted by atomic mass is 9.48. The average Bonchev–Trinajstić information content (AvgIpc) is 3.05. The van der Waals surface area contributed by atoms with Crippen LogP contribution in [0.5, 0.6) is 0 Å². The van der Waals surface area contributed by atoms with E-state index < -0.39 is 17.3 Å². The van der Waals surface area contributed by atoms with Crippen LogP contribution in [0.4, 0.5) is 0 Å². The van der Waals surface area contributed by atoms with Gasteiger partial charge in [0.15, 0.2) is 0 Å². The van der Waals surface area contributed by atoms with Gasteiger partial charge in [-0.25, -0.2) is 0 Å². The van der Waals surface area contributed by atoms with E-state index in [2.05, 4.69) is 0 Å². The maximum absolute atomic E-state index is 13.8. The zero-order valence-electron chi connectivity index (χ0n) is 16.2. The van der Waals surface area contributed by atoms with Gasteiger partial charge in [0.2, 0.25) is 11.8 Å². The van der Waals surface area contributed by atoms with Gasteiger partial charge in [-0.15, -0.1) is 0 Å². The minimum atomic E-state index is -1.07. The predicted octanol–water partition coefficient (Wildman–Crippen LogP) is 3.56. The second kappa shape index (κ2) is 5.88.